The van der Waals surface area contributed by atoms with Crippen LogP contribution in [-0.4, -0.2) is 15.6 Å². The molecule has 0 aromatic rings. The number of hydrogen-bond donors (Lipinski definition) is 5. The minimum Gasteiger partial charge on any atom is -0.425 e. The molecule has 0 saturated heterocycles. The number of hydrogen-bond acceptors (Lipinski definition) is 6. The zero-order chi connectivity index (χ0) is 8.15. The van der Waals surface area contributed by atoms with Gasteiger partial charge in [-0.1, -0.05) is 0 Å². The summed E-state index contributed by atoms with van der Waals surface area (Å²) in [4.78, 5) is 10.5. The molecule has 11 heavy (non-hydrogen) atoms. The van der Waals surface area contributed by atoms with Crippen molar-refractivity contribution in [1.82, 2.24) is 5.32 Å². The minimum absolute atomic E-state index is 0. The molecule has 0 aliphatic heterocycles. The molecule has 3 nitrogen and oxygen atoms in total. The first-order chi connectivity index (χ1) is 4.52. The average Bonchev–Trinajstić information content (AvgIpc) is 1.58. The van der Waals surface area contributed by atoms with Gasteiger partial charge in [0.15, 0.2) is 4.77 Å². The second-order valence-electron chi connectivity index (χ2n) is 1.25. The first-order valence-corrected chi connectivity index (χ1v) is 4.28. The van der Waals surface area contributed by atoms with Crippen LogP contribution in [0.2, 0.25) is 0 Å². The fraction of sp³-hybridized carbons (Fsp3) is 0.667. The smallest absolute Gasteiger partial charge is 0.410 e. The van der Waals surface area contributed by atoms with Crippen LogP contribution in [0.3, 0.4) is 0 Å². The maximum atomic E-state index is 10.5. The standard InChI is InChI=1S/C3H7NO2S4.Fe/c5-1(4-2(7)8)6-3(9)10;/h2-3,7-10H,(H,4,5);. The van der Waals surface area contributed by atoms with Crippen molar-refractivity contribution in [2.45, 2.75) is 9.47 Å². The number of alkyl carbamates (subject to hydrolysis) is 1. The summed E-state index contributed by atoms with van der Waals surface area (Å²) in [7, 11) is 0. The number of ether oxygens (including phenoxy) is 1. The van der Waals surface area contributed by atoms with Gasteiger partial charge in [0.1, 0.15) is 4.71 Å². The van der Waals surface area contributed by atoms with E-state index >= 15 is 0 Å². The summed E-state index contributed by atoms with van der Waals surface area (Å²) >= 11 is 14.9. The van der Waals surface area contributed by atoms with E-state index in [1.54, 1.807) is 0 Å². The van der Waals surface area contributed by atoms with Gasteiger partial charge in [0.25, 0.3) is 0 Å². The second-order valence-corrected chi connectivity index (χ2v) is 4.04. The topological polar surface area (TPSA) is 38.3 Å². The first kappa shape index (κ1) is 14.7. The zero-order valence-electron chi connectivity index (χ0n) is 5.11. The number of nitrogens with one attached hydrogen (secondary N) is 1. The summed E-state index contributed by atoms with van der Waals surface area (Å²) in [6.07, 6.45) is -0.648. The van der Waals surface area contributed by atoms with Gasteiger partial charge in [0.05, 0.1) is 0 Å². The van der Waals surface area contributed by atoms with Gasteiger partial charge in [0, 0.05) is 17.1 Å². The summed E-state index contributed by atoms with van der Waals surface area (Å²) in [5, 5.41) is 2.24. The van der Waals surface area contributed by atoms with E-state index in [0.717, 1.165) is 0 Å². The van der Waals surface area contributed by atoms with Gasteiger partial charge in [-0.05, 0) is 0 Å². The molecule has 68 valence electrons. The molecule has 0 bridgehead atoms. The Bertz CT molecular complexity index is 110. The molecule has 1 amide bonds. The molecule has 0 rings (SSSR count). The predicted octanol–water partition coefficient (Wildman–Crippen LogP) is 0.996. The van der Waals surface area contributed by atoms with Crippen molar-refractivity contribution >= 4 is 56.6 Å². The third kappa shape index (κ3) is 11.2. The maximum absolute atomic E-state index is 10.5. The van der Waals surface area contributed by atoms with E-state index in [1.807, 2.05) is 0 Å². The third-order valence-corrected chi connectivity index (χ3v) is 0.928. The van der Waals surface area contributed by atoms with Crippen molar-refractivity contribution in [1.29, 1.82) is 0 Å². The number of thiol groups is 4. The largest absolute Gasteiger partial charge is 0.425 e. The van der Waals surface area contributed by atoms with Gasteiger partial charge in [-0.25, -0.2) is 4.79 Å². The van der Waals surface area contributed by atoms with Crippen LogP contribution in [0, 0.1) is 0 Å². The fourth-order valence-electron chi connectivity index (χ4n) is 0.235. The van der Waals surface area contributed by atoms with Crippen molar-refractivity contribution in [3.05, 3.63) is 0 Å². The molecule has 0 heterocycles. The van der Waals surface area contributed by atoms with Crippen molar-refractivity contribution in [2.75, 3.05) is 0 Å². The normalized spacial score (nSPS) is 9.27. The van der Waals surface area contributed by atoms with Crippen molar-refractivity contribution in [3.63, 3.8) is 0 Å². The van der Waals surface area contributed by atoms with Crippen LogP contribution < -0.4 is 5.32 Å². The molecule has 0 atom stereocenters. The van der Waals surface area contributed by atoms with Crippen LogP contribution in [0.15, 0.2) is 0 Å². The van der Waals surface area contributed by atoms with E-state index in [1.165, 1.54) is 0 Å². The van der Waals surface area contributed by atoms with Gasteiger partial charge in [0.2, 0.25) is 0 Å². The second kappa shape index (κ2) is 7.82. The predicted molar refractivity (Wildman–Crippen MR) is 53.1 cm³/mol. The molecule has 0 spiro atoms. The quantitative estimate of drug-likeness (QED) is 0.296. The third-order valence-electron chi connectivity index (χ3n) is 0.459. The molecule has 0 aliphatic carbocycles. The van der Waals surface area contributed by atoms with Crippen LogP contribution in [0.5, 0.6) is 0 Å². The average molecular weight is 273 g/mol. The summed E-state index contributed by atoms with van der Waals surface area (Å²) < 4.78 is 3.19. The Morgan fingerprint density at radius 2 is 1.73 bits per heavy atom. The van der Waals surface area contributed by atoms with Crippen LogP contribution in [-0.2, 0) is 21.8 Å². The Hall–Kier alpha value is 1.19. The number of amides is 1. The number of carbonyl (C=O) groups is 1. The minimum atomic E-state index is -0.722. The fourth-order valence-corrected chi connectivity index (χ4v) is 0.637. The summed E-state index contributed by atoms with van der Waals surface area (Å²) in [5.41, 5.74) is 0. The van der Waals surface area contributed by atoms with Gasteiger partial charge in [-0.15, -0.1) is 50.5 Å². The summed E-state index contributed by atoms with van der Waals surface area (Å²) in [6.45, 7) is 0. The molecular formula is C3H7FeNO2S4. The van der Waals surface area contributed by atoms with E-state index in [0.29, 0.717) is 0 Å². The number of carbonyl (C=O) groups excluding carboxylic acids is 1. The van der Waals surface area contributed by atoms with E-state index < -0.39 is 15.6 Å². The van der Waals surface area contributed by atoms with E-state index in [4.69, 9.17) is 0 Å². The summed E-state index contributed by atoms with van der Waals surface area (Å²) in [5.74, 6) is 0. The molecule has 0 aromatic heterocycles. The molecule has 0 aromatic carbocycles. The van der Waals surface area contributed by atoms with Gasteiger partial charge in [-0.2, -0.15) is 0 Å². The Balaban J connectivity index is 0. The SMILES string of the molecule is O=C(NC(S)S)OC(S)S.[Fe]. The Morgan fingerprint density at radius 3 is 2.00 bits per heavy atom. The molecule has 0 aliphatic rings. The monoisotopic (exact) mass is 273 g/mol. The van der Waals surface area contributed by atoms with E-state index in [9.17, 15) is 4.79 Å². The molecule has 0 fully saturated rings. The first-order valence-electron chi connectivity index (χ1n) is 2.22. The van der Waals surface area contributed by atoms with Crippen LogP contribution in [0.25, 0.3) is 0 Å². The van der Waals surface area contributed by atoms with Gasteiger partial charge >= 0.3 is 6.09 Å². The molecular weight excluding hydrogens is 266 g/mol. The maximum Gasteiger partial charge on any atom is 0.410 e. The Morgan fingerprint density at radius 1 is 1.27 bits per heavy atom. The molecule has 1 N–H and O–H groups in total. The van der Waals surface area contributed by atoms with Gasteiger partial charge < -0.3 is 10.1 Å². The van der Waals surface area contributed by atoms with E-state index in [-0.39, 0.29) is 17.1 Å². The molecule has 0 unspecified atom stereocenters. The van der Waals surface area contributed by atoms with Crippen molar-refractivity contribution in [2.24, 2.45) is 0 Å². The summed E-state index contributed by atoms with van der Waals surface area (Å²) in [6, 6.07) is 0. The van der Waals surface area contributed by atoms with Crippen LogP contribution in [0.1, 0.15) is 0 Å². The molecule has 8 heteroatoms. The molecule has 0 radical (unpaired) electrons. The van der Waals surface area contributed by atoms with Crippen LogP contribution in [0.4, 0.5) is 4.79 Å². The van der Waals surface area contributed by atoms with Crippen molar-refractivity contribution < 1.29 is 26.6 Å². The van der Waals surface area contributed by atoms with Crippen molar-refractivity contribution in [3.8, 4) is 0 Å². The number of rotatable bonds is 2. The zero-order valence-corrected chi connectivity index (χ0v) is 9.80. The van der Waals surface area contributed by atoms with Crippen LogP contribution >= 0.6 is 50.5 Å². The Kier molecular flexibility index (Phi) is 10.4. The van der Waals surface area contributed by atoms with Gasteiger partial charge in [-0.3, -0.25) is 0 Å². The van der Waals surface area contributed by atoms with E-state index in [2.05, 4.69) is 60.6 Å². The Labute approximate surface area is 97.5 Å². The molecule has 0 saturated carbocycles.